The topological polar surface area (TPSA) is 51.0 Å². The van der Waals surface area contributed by atoms with E-state index in [0.29, 0.717) is 6.04 Å². The number of carbonyl (C=O) groups is 1. The summed E-state index contributed by atoms with van der Waals surface area (Å²) in [6.07, 6.45) is 5.45. The average molecular weight is 369 g/mol. The lowest BCUT2D eigenvalue weighted by Gasteiger charge is -2.33. The second kappa shape index (κ2) is 7.10. The van der Waals surface area contributed by atoms with E-state index in [2.05, 4.69) is 70.1 Å². The molecule has 3 rings (SSSR count). The van der Waals surface area contributed by atoms with Crippen LogP contribution in [0.3, 0.4) is 0 Å². The summed E-state index contributed by atoms with van der Waals surface area (Å²) in [6, 6.07) is 6.76. The van der Waals surface area contributed by atoms with Crippen molar-refractivity contribution in [1.29, 1.82) is 0 Å². The van der Waals surface area contributed by atoms with E-state index in [1.165, 1.54) is 11.1 Å². The van der Waals surface area contributed by atoms with Crippen molar-refractivity contribution >= 4 is 5.91 Å². The molecule has 146 valence electrons. The minimum absolute atomic E-state index is 0.0103. The van der Waals surface area contributed by atoms with E-state index in [1.54, 1.807) is 6.20 Å². The first kappa shape index (κ1) is 19.6. The van der Waals surface area contributed by atoms with Crippen LogP contribution in [-0.2, 0) is 10.8 Å². The minimum atomic E-state index is 0.0103. The molecule has 1 fully saturated rings. The van der Waals surface area contributed by atoms with Crippen LogP contribution in [0, 0.1) is 0 Å². The van der Waals surface area contributed by atoms with Crippen molar-refractivity contribution < 1.29 is 4.79 Å². The highest BCUT2D eigenvalue weighted by Crippen LogP contribution is 2.31. The van der Waals surface area contributed by atoms with Gasteiger partial charge in [-0.3, -0.25) is 4.79 Å². The molecule has 5 heteroatoms. The zero-order valence-corrected chi connectivity index (χ0v) is 17.5. The number of amides is 1. The molecule has 1 saturated heterocycles. The number of hydrogen-bond donors (Lipinski definition) is 0. The molecule has 27 heavy (non-hydrogen) atoms. The molecule has 2 heterocycles. The number of carbonyl (C=O) groups excluding carboxylic acids is 1. The monoisotopic (exact) mass is 368 g/mol. The molecule has 5 nitrogen and oxygen atoms in total. The first-order chi connectivity index (χ1) is 12.6. The van der Waals surface area contributed by atoms with Gasteiger partial charge in [0.2, 0.25) is 0 Å². The van der Waals surface area contributed by atoms with Gasteiger partial charge in [-0.25, -0.2) is 4.68 Å². The molecule has 0 bridgehead atoms. The molecular formula is C22H32N4O. The predicted octanol–water partition coefficient (Wildman–Crippen LogP) is 4.35. The number of likely N-dealkylation sites (tertiary alicyclic amines) is 1. The second-order valence-electron chi connectivity index (χ2n) is 9.71. The molecule has 1 aliphatic rings. The summed E-state index contributed by atoms with van der Waals surface area (Å²) in [5.41, 5.74) is 3.27. The minimum Gasteiger partial charge on any atom is -0.338 e. The van der Waals surface area contributed by atoms with E-state index < -0.39 is 0 Å². The number of aromatic nitrogens is 3. The number of piperidine rings is 1. The summed E-state index contributed by atoms with van der Waals surface area (Å²) >= 11 is 0. The maximum Gasteiger partial charge on any atom is 0.253 e. The van der Waals surface area contributed by atoms with Crippen molar-refractivity contribution in [3.8, 4) is 0 Å². The smallest absolute Gasteiger partial charge is 0.253 e. The Labute approximate surface area is 162 Å². The summed E-state index contributed by atoms with van der Waals surface area (Å²) in [5.74, 6) is 0.142. The summed E-state index contributed by atoms with van der Waals surface area (Å²) in [5, 5.41) is 8.01. The lowest BCUT2D eigenvalue weighted by Crippen LogP contribution is -2.39. The van der Waals surface area contributed by atoms with Crippen molar-refractivity contribution in [2.75, 3.05) is 13.1 Å². The highest BCUT2D eigenvalue weighted by Gasteiger charge is 2.27. The lowest BCUT2D eigenvalue weighted by atomic mass is 9.79. The van der Waals surface area contributed by atoms with Crippen LogP contribution in [0.4, 0.5) is 0 Å². The van der Waals surface area contributed by atoms with Gasteiger partial charge in [0.25, 0.3) is 5.91 Å². The molecule has 0 saturated carbocycles. The third kappa shape index (κ3) is 4.40. The normalized spacial score (nSPS) is 16.6. The van der Waals surface area contributed by atoms with Crippen LogP contribution in [0.2, 0.25) is 0 Å². The zero-order valence-electron chi connectivity index (χ0n) is 17.5. The first-order valence-electron chi connectivity index (χ1n) is 9.87. The fourth-order valence-corrected chi connectivity index (χ4v) is 3.55. The van der Waals surface area contributed by atoms with Gasteiger partial charge in [-0.15, -0.1) is 5.10 Å². The highest BCUT2D eigenvalue weighted by atomic mass is 16.2. The molecule has 0 N–H and O–H groups in total. The number of benzene rings is 1. The third-order valence-electron chi connectivity index (χ3n) is 5.48. The standard InChI is InChI=1S/C22H32N4O/c1-21(2,3)17-13-16(14-18(15-17)22(4,5)6)20(27)25-10-7-19(8-11-25)26-12-9-23-24-26/h9,12-15,19H,7-8,10-11H2,1-6H3. The molecule has 0 radical (unpaired) electrons. The average Bonchev–Trinajstić information content (AvgIpc) is 3.14. The van der Waals surface area contributed by atoms with Gasteiger partial charge < -0.3 is 4.90 Å². The molecule has 2 aromatic rings. The van der Waals surface area contributed by atoms with Gasteiger partial charge in [-0.2, -0.15) is 0 Å². The third-order valence-corrected chi connectivity index (χ3v) is 5.48. The van der Waals surface area contributed by atoms with Gasteiger partial charge in [0.1, 0.15) is 0 Å². The molecule has 0 aliphatic carbocycles. The van der Waals surface area contributed by atoms with Gasteiger partial charge in [0, 0.05) is 24.8 Å². The zero-order chi connectivity index (χ0) is 19.8. The number of rotatable bonds is 2. The van der Waals surface area contributed by atoms with Gasteiger partial charge in [0.05, 0.1) is 12.2 Å². The fourth-order valence-electron chi connectivity index (χ4n) is 3.55. The number of hydrogen-bond acceptors (Lipinski definition) is 3. The molecule has 1 aromatic carbocycles. The van der Waals surface area contributed by atoms with Crippen molar-refractivity contribution in [3.05, 3.63) is 47.3 Å². The second-order valence-corrected chi connectivity index (χ2v) is 9.71. The molecule has 1 aliphatic heterocycles. The van der Waals surface area contributed by atoms with Gasteiger partial charge in [-0.05, 0) is 46.9 Å². The highest BCUT2D eigenvalue weighted by molar-refractivity contribution is 5.94. The molecule has 0 spiro atoms. The van der Waals surface area contributed by atoms with Gasteiger partial charge >= 0.3 is 0 Å². The summed E-state index contributed by atoms with van der Waals surface area (Å²) < 4.78 is 1.92. The van der Waals surface area contributed by atoms with Gasteiger partial charge in [-0.1, -0.05) is 52.8 Å². The largest absolute Gasteiger partial charge is 0.338 e. The molecular weight excluding hydrogens is 336 g/mol. The predicted molar refractivity (Wildman–Crippen MR) is 108 cm³/mol. The fraction of sp³-hybridized carbons (Fsp3) is 0.591. The maximum atomic E-state index is 13.2. The Balaban J connectivity index is 1.82. The molecule has 1 aromatic heterocycles. The van der Waals surface area contributed by atoms with E-state index in [4.69, 9.17) is 0 Å². The van der Waals surface area contributed by atoms with Crippen LogP contribution in [-0.4, -0.2) is 38.9 Å². The van der Waals surface area contributed by atoms with E-state index in [1.807, 2.05) is 15.8 Å². The lowest BCUT2D eigenvalue weighted by molar-refractivity contribution is 0.0689. The van der Waals surface area contributed by atoms with Crippen LogP contribution >= 0.6 is 0 Å². The Morgan fingerprint density at radius 1 is 0.963 bits per heavy atom. The van der Waals surface area contributed by atoms with Crippen LogP contribution in [0.25, 0.3) is 0 Å². The van der Waals surface area contributed by atoms with E-state index in [-0.39, 0.29) is 16.7 Å². The van der Waals surface area contributed by atoms with E-state index >= 15 is 0 Å². The molecule has 0 unspecified atom stereocenters. The van der Waals surface area contributed by atoms with Crippen LogP contribution in [0.5, 0.6) is 0 Å². The Kier molecular flexibility index (Phi) is 5.15. The van der Waals surface area contributed by atoms with Crippen molar-refractivity contribution in [2.24, 2.45) is 0 Å². The molecule has 0 atom stereocenters. The van der Waals surface area contributed by atoms with Crippen molar-refractivity contribution in [3.63, 3.8) is 0 Å². The maximum absolute atomic E-state index is 13.2. The SMILES string of the molecule is CC(C)(C)c1cc(C(=O)N2CCC(n3ccnn3)CC2)cc(C(C)(C)C)c1. The summed E-state index contributed by atoms with van der Waals surface area (Å²) in [4.78, 5) is 15.2. The Hall–Kier alpha value is -2.17. The Morgan fingerprint density at radius 3 is 1.96 bits per heavy atom. The summed E-state index contributed by atoms with van der Waals surface area (Å²) in [6.45, 7) is 14.7. The van der Waals surface area contributed by atoms with E-state index in [0.717, 1.165) is 31.5 Å². The Morgan fingerprint density at radius 2 is 1.52 bits per heavy atom. The van der Waals surface area contributed by atoms with Gasteiger partial charge in [0.15, 0.2) is 0 Å². The summed E-state index contributed by atoms with van der Waals surface area (Å²) in [7, 11) is 0. The Bertz CT molecular complexity index is 756. The van der Waals surface area contributed by atoms with Crippen LogP contribution in [0.15, 0.2) is 30.6 Å². The molecule has 1 amide bonds. The van der Waals surface area contributed by atoms with E-state index in [9.17, 15) is 4.79 Å². The first-order valence-corrected chi connectivity index (χ1v) is 9.87. The van der Waals surface area contributed by atoms with Crippen molar-refractivity contribution in [2.45, 2.75) is 71.3 Å². The van der Waals surface area contributed by atoms with Crippen LogP contribution < -0.4 is 0 Å². The number of nitrogens with zero attached hydrogens (tertiary/aromatic N) is 4. The van der Waals surface area contributed by atoms with Crippen LogP contribution in [0.1, 0.15) is 81.9 Å². The van der Waals surface area contributed by atoms with Crippen molar-refractivity contribution in [1.82, 2.24) is 19.9 Å². The quantitative estimate of drug-likeness (QED) is 0.792.